The number of benzene rings is 1. The number of anilines is 1. The molecule has 0 amide bonds. The molecule has 1 heterocycles. The van der Waals surface area contributed by atoms with E-state index in [0.717, 1.165) is 13.1 Å². The van der Waals surface area contributed by atoms with E-state index in [1.54, 1.807) is 12.1 Å². The normalized spacial score (nSPS) is 22.6. The zero-order chi connectivity index (χ0) is 13.9. The van der Waals surface area contributed by atoms with Gasteiger partial charge < -0.3 is 10.2 Å². The first-order valence-corrected chi connectivity index (χ1v) is 6.62. The minimum atomic E-state index is -0.198. The monoisotopic (exact) mass is 261 g/mol. The fourth-order valence-electron chi connectivity index (χ4n) is 2.53. The first-order valence-electron chi connectivity index (χ1n) is 6.62. The second kappa shape index (κ2) is 5.58. The average Bonchev–Trinajstić information content (AvgIpc) is 2.50. The summed E-state index contributed by atoms with van der Waals surface area (Å²) in [5.74, 6) is -0.198. The summed E-state index contributed by atoms with van der Waals surface area (Å²) in [5, 5.41) is 12.3. The lowest BCUT2D eigenvalue weighted by Crippen LogP contribution is -2.37. The maximum atomic E-state index is 13.9. The Morgan fingerprint density at radius 3 is 2.89 bits per heavy atom. The molecule has 0 spiro atoms. The smallest absolute Gasteiger partial charge is 0.146 e. The van der Waals surface area contributed by atoms with Gasteiger partial charge in [0.2, 0.25) is 0 Å². The molecular weight excluding hydrogens is 241 g/mol. The molecule has 0 saturated carbocycles. The Hall–Kier alpha value is -1.60. The zero-order valence-electron chi connectivity index (χ0n) is 11.5. The number of nitrogens with zero attached hydrogens (tertiary/aromatic N) is 2. The molecule has 0 aliphatic carbocycles. The highest BCUT2D eigenvalue weighted by molar-refractivity contribution is 5.48. The van der Waals surface area contributed by atoms with Gasteiger partial charge in [-0.3, -0.25) is 0 Å². The van der Waals surface area contributed by atoms with Crippen molar-refractivity contribution in [1.29, 1.82) is 5.26 Å². The lowest BCUT2D eigenvalue weighted by atomic mass is 9.93. The van der Waals surface area contributed by atoms with Crippen LogP contribution in [0.1, 0.15) is 20.3 Å². The minimum Gasteiger partial charge on any atom is -0.367 e. The largest absolute Gasteiger partial charge is 0.367 e. The molecule has 0 bridgehead atoms. The van der Waals surface area contributed by atoms with Gasteiger partial charge in [0.05, 0.1) is 18.2 Å². The number of nitriles is 1. The van der Waals surface area contributed by atoms with Gasteiger partial charge in [0, 0.05) is 25.7 Å². The minimum absolute atomic E-state index is 0.0481. The van der Waals surface area contributed by atoms with Crippen molar-refractivity contribution in [1.82, 2.24) is 5.32 Å². The third-order valence-electron chi connectivity index (χ3n) is 3.46. The van der Waals surface area contributed by atoms with Gasteiger partial charge in [0.15, 0.2) is 0 Å². The molecule has 1 fully saturated rings. The van der Waals surface area contributed by atoms with Gasteiger partial charge in [0.1, 0.15) is 5.82 Å². The van der Waals surface area contributed by atoms with Crippen molar-refractivity contribution in [2.75, 3.05) is 24.5 Å². The quantitative estimate of drug-likeness (QED) is 0.889. The van der Waals surface area contributed by atoms with Gasteiger partial charge in [0.25, 0.3) is 0 Å². The molecular formula is C15H20FN3. The van der Waals surface area contributed by atoms with Crippen LogP contribution in [-0.4, -0.2) is 25.7 Å². The van der Waals surface area contributed by atoms with Crippen LogP contribution in [0.3, 0.4) is 0 Å². The van der Waals surface area contributed by atoms with Crippen molar-refractivity contribution in [3.63, 3.8) is 0 Å². The van der Waals surface area contributed by atoms with E-state index >= 15 is 0 Å². The van der Waals surface area contributed by atoms with E-state index in [9.17, 15) is 4.39 Å². The summed E-state index contributed by atoms with van der Waals surface area (Å²) in [6.07, 6.45) is 0.445. The van der Waals surface area contributed by atoms with Crippen LogP contribution >= 0.6 is 0 Å². The molecule has 3 nitrogen and oxygen atoms in total. The van der Waals surface area contributed by atoms with Gasteiger partial charge in [-0.1, -0.05) is 26.0 Å². The van der Waals surface area contributed by atoms with E-state index in [2.05, 4.69) is 30.1 Å². The summed E-state index contributed by atoms with van der Waals surface area (Å²) >= 11 is 0. The summed E-state index contributed by atoms with van der Waals surface area (Å²) in [7, 11) is 0. The van der Waals surface area contributed by atoms with Crippen molar-refractivity contribution in [3.8, 4) is 6.07 Å². The number of para-hydroxylation sites is 1. The van der Waals surface area contributed by atoms with Crippen LogP contribution in [0.15, 0.2) is 24.3 Å². The maximum absolute atomic E-state index is 13.9. The lowest BCUT2D eigenvalue weighted by molar-refractivity contribution is 0.359. The van der Waals surface area contributed by atoms with Gasteiger partial charge in [-0.15, -0.1) is 0 Å². The third-order valence-corrected chi connectivity index (χ3v) is 3.46. The lowest BCUT2D eigenvalue weighted by Gasteiger charge is -2.31. The predicted octanol–water partition coefficient (Wildman–Crippen LogP) is 2.54. The van der Waals surface area contributed by atoms with Crippen LogP contribution in [0.2, 0.25) is 0 Å². The Morgan fingerprint density at radius 1 is 1.47 bits per heavy atom. The van der Waals surface area contributed by atoms with Gasteiger partial charge in [-0.05, 0) is 17.5 Å². The number of hydrogen-bond acceptors (Lipinski definition) is 3. The fourth-order valence-corrected chi connectivity index (χ4v) is 2.53. The molecule has 19 heavy (non-hydrogen) atoms. The van der Waals surface area contributed by atoms with E-state index in [1.165, 1.54) is 6.07 Å². The standard InChI is InChI=1S/C15H20FN3/c1-15(2)10-18-12(7-8-17)9-19(11-15)14-6-4-3-5-13(14)16/h3-6,12,18H,7,9-11H2,1-2H3. The van der Waals surface area contributed by atoms with Crippen molar-refractivity contribution in [2.45, 2.75) is 26.3 Å². The first kappa shape index (κ1) is 13.8. The average molecular weight is 261 g/mol. The zero-order valence-corrected chi connectivity index (χ0v) is 11.5. The van der Waals surface area contributed by atoms with Gasteiger partial charge in [-0.25, -0.2) is 4.39 Å². The molecule has 0 radical (unpaired) electrons. The van der Waals surface area contributed by atoms with Crippen LogP contribution < -0.4 is 10.2 Å². The first-order chi connectivity index (χ1) is 9.02. The summed E-state index contributed by atoms with van der Waals surface area (Å²) in [4.78, 5) is 2.05. The summed E-state index contributed by atoms with van der Waals surface area (Å²) in [6, 6.07) is 9.13. The molecule has 0 aromatic heterocycles. The Labute approximate surface area is 114 Å². The van der Waals surface area contributed by atoms with E-state index in [0.29, 0.717) is 18.7 Å². The maximum Gasteiger partial charge on any atom is 0.146 e. The topological polar surface area (TPSA) is 39.1 Å². The molecule has 1 aromatic rings. The summed E-state index contributed by atoms with van der Waals surface area (Å²) in [5.41, 5.74) is 0.675. The van der Waals surface area contributed by atoms with Gasteiger partial charge >= 0.3 is 0 Å². The second-order valence-electron chi connectivity index (χ2n) is 5.94. The Balaban J connectivity index is 2.26. The third kappa shape index (κ3) is 3.45. The Kier molecular flexibility index (Phi) is 4.06. The predicted molar refractivity (Wildman–Crippen MR) is 74.4 cm³/mol. The van der Waals surface area contributed by atoms with Crippen LogP contribution in [0, 0.1) is 22.6 Å². The van der Waals surface area contributed by atoms with E-state index in [-0.39, 0.29) is 17.3 Å². The molecule has 1 saturated heterocycles. The Bertz CT molecular complexity index is 479. The van der Waals surface area contributed by atoms with Crippen molar-refractivity contribution >= 4 is 5.69 Å². The number of rotatable bonds is 2. The Morgan fingerprint density at radius 2 is 2.21 bits per heavy atom. The van der Waals surface area contributed by atoms with E-state index < -0.39 is 0 Å². The number of hydrogen-bond donors (Lipinski definition) is 1. The molecule has 4 heteroatoms. The van der Waals surface area contributed by atoms with Crippen molar-refractivity contribution < 1.29 is 4.39 Å². The highest BCUT2D eigenvalue weighted by atomic mass is 19.1. The molecule has 1 N–H and O–H groups in total. The number of nitrogens with one attached hydrogen (secondary N) is 1. The van der Waals surface area contributed by atoms with Crippen LogP contribution in [0.25, 0.3) is 0 Å². The van der Waals surface area contributed by atoms with Crippen LogP contribution in [0.4, 0.5) is 10.1 Å². The SMILES string of the molecule is CC1(C)CNC(CC#N)CN(c2ccccc2F)C1. The van der Waals surface area contributed by atoms with Crippen LogP contribution in [0.5, 0.6) is 0 Å². The molecule has 102 valence electrons. The summed E-state index contributed by atoms with van der Waals surface area (Å²) in [6.45, 7) is 6.59. The van der Waals surface area contributed by atoms with Crippen molar-refractivity contribution in [3.05, 3.63) is 30.1 Å². The molecule has 1 aliphatic heterocycles. The second-order valence-corrected chi connectivity index (χ2v) is 5.94. The molecule has 1 unspecified atom stereocenters. The van der Waals surface area contributed by atoms with Crippen LogP contribution in [-0.2, 0) is 0 Å². The molecule has 1 atom stereocenters. The molecule has 1 aromatic carbocycles. The van der Waals surface area contributed by atoms with E-state index in [1.807, 2.05) is 6.07 Å². The van der Waals surface area contributed by atoms with E-state index in [4.69, 9.17) is 5.26 Å². The molecule has 1 aliphatic rings. The fraction of sp³-hybridized carbons (Fsp3) is 0.533. The van der Waals surface area contributed by atoms with Gasteiger partial charge in [-0.2, -0.15) is 5.26 Å². The highest BCUT2D eigenvalue weighted by Gasteiger charge is 2.29. The summed E-state index contributed by atoms with van der Waals surface area (Å²) < 4.78 is 13.9. The molecule has 2 rings (SSSR count). The van der Waals surface area contributed by atoms with Crippen molar-refractivity contribution in [2.24, 2.45) is 5.41 Å². The number of halogens is 1. The highest BCUT2D eigenvalue weighted by Crippen LogP contribution is 2.26.